The molecule has 0 aliphatic heterocycles. The molecular weight excluding hydrogens is 332 g/mol. The van der Waals surface area contributed by atoms with E-state index in [0.717, 1.165) is 11.4 Å². The number of nitriles is 1. The van der Waals surface area contributed by atoms with Crippen LogP contribution in [-0.4, -0.2) is 33.8 Å². The molecule has 2 rings (SSSR count). The first-order chi connectivity index (χ1) is 12.3. The van der Waals surface area contributed by atoms with Crippen molar-refractivity contribution in [2.45, 2.75) is 33.2 Å². The predicted octanol–water partition coefficient (Wildman–Crippen LogP) is 2.39. The Labute approximate surface area is 152 Å². The summed E-state index contributed by atoms with van der Waals surface area (Å²) in [7, 11) is 0. The van der Waals surface area contributed by atoms with E-state index in [2.05, 4.69) is 16.5 Å². The van der Waals surface area contributed by atoms with Crippen LogP contribution in [0.4, 0.5) is 0 Å². The monoisotopic (exact) mass is 354 g/mol. The number of hydrogen-bond acceptors (Lipinski definition) is 5. The summed E-state index contributed by atoms with van der Waals surface area (Å²) in [6.07, 6.45) is 1.70. The molecule has 26 heavy (non-hydrogen) atoms. The number of ether oxygens (including phenoxy) is 1. The molecule has 0 saturated carbocycles. The average molecular weight is 354 g/mol. The molecule has 0 unspecified atom stereocenters. The van der Waals surface area contributed by atoms with Crippen LogP contribution in [0.5, 0.6) is 0 Å². The molecule has 0 aliphatic carbocycles. The van der Waals surface area contributed by atoms with Gasteiger partial charge in [0, 0.05) is 11.9 Å². The van der Waals surface area contributed by atoms with Crippen molar-refractivity contribution in [3.8, 4) is 11.8 Å². The summed E-state index contributed by atoms with van der Waals surface area (Å²) in [6.45, 7) is 6.78. The largest absolute Gasteiger partial charge is 0.452 e. The van der Waals surface area contributed by atoms with Gasteiger partial charge in [0.25, 0.3) is 5.91 Å². The van der Waals surface area contributed by atoms with Gasteiger partial charge in [0.15, 0.2) is 6.61 Å². The number of nitrogens with one attached hydrogen (secondary N) is 1. The normalized spacial score (nSPS) is 12.9. The summed E-state index contributed by atoms with van der Waals surface area (Å²) in [5.74, 6) is -1.20. The number of carbonyl (C=O) groups is 2. The highest BCUT2D eigenvalue weighted by atomic mass is 16.5. The third kappa shape index (κ3) is 4.28. The van der Waals surface area contributed by atoms with E-state index >= 15 is 0 Å². The van der Waals surface area contributed by atoms with Crippen molar-refractivity contribution < 1.29 is 14.3 Å². The summed E-state index contributed by atoms with van der Waals surface area (Å²) >= 11 is 0. The van der Waals surface area contributed by atoms with Crippen molar-refractivity contribution in [1.29, 1.82) is 5.26 Å². The second-order valence-electron chi connectivity index (χ2n) is 6.52. The summed E-state index contributed by atoms with van der Waals surface area (Å²) in [5.41, 5.74) is 1.12. The van der Waals surface area contributed by atoms with Crippen molar-refractivity contribution in [1.82, 2.24) is 15.1 Å². The van der Waals surface area contributed by atoms with Gasteiger partial charge in [0.1, 0.15) is 5.54 Å². The maximum atomic E-state index is 12.1. The molecule has 0 fully saturated rings. The molecule has 2 aromatic rings. The fraction of sp³-hybridized carbons (Fsp3) is 0.368. The molecule has 0 saturated heterocycles. The first-order valence-electron chi connectivity index (χ1n) is 8.27. The Morgan fingerprint density at radius 3 is 2.46 bits per heavy atom. The Bertz CT molecular complexity index is 833. The zero-order valence-electron chi connectivity index (χ0n) is 15.3. The number of esters is 1. The van der Waals surface area contributed by atoms with Crippen LogP contribution in [0.2, 0.25) is 0 Å². The zero-order valence-corrected chi connectivity index (χ0v) is 15.3. The lowest BCUT2D eigenvalue weighted by atomic mass is 9.90. The molecule has 0 aliphatic rings. The molecule has 0 spiro atoms. The predicted molar refractivity (Wildman–Crippen MR) is 95.6 cm³/mol. The second kappa shape index (κ2) is 7.83. The first-order valence-corrected chi connectivity index (χ1v) is 8.27. The van der Waals surface area contributed by atoms with Gasteiger partial charge in [-0.15, -0.1) is 0 Å². The van der Waals surface area contributed by atoms with Gasteiger partial charge in [-0.05, 0) is 50.1 Å². The number of aromatic nitrogens is 2. The van der Waals surface area contributed by atoms with Gasteiger partial charge < -0.3 is 10.1 Å². The second-order valence-corrected chi connectivity index (χ2v) is 6.52. The standard InChI is InChI=1S/C19H22N4O3/c1-13(2)19(4,12-20)22-17(24)11-26-18(25)15-5-7-16(8-6-15)23-14(3)9-10-21-23/h5-10,13H,11H2,1-4H3,(H,22,24)/t19-/m1/s1. The highest BCUT2D eigenvalue weighted by molar-refractivity contribution is 5.91. The van der Waals surface area contributed by atoms with E-state index in [1.807, 2.05) is 26.8 Å². The van der Waals surface area contributed by atoms with Crippen LogP contribution < -0.4 is 5.32 Å². The minimum absolute atomic E-state index is 0.0783. The van der Waals surface area contributed by atoms with Gasteiger partial charge in [-0.1, -0.05) is 13.8 Å². The topological polar surface area (TPSA) is 97.0 Å². The van der Waals surface area contributed by atoms with E-state index in [1.54, 1.807) is 42.1 Å². The number of aryl methyl sites for hydroxylation is 1. The lowest BCUT2D eigenvalue weighted by Gasteiger charge is -2.27. The van der Waals surface area contributed by atoms with Gasteiger partial charge in [-0.3, -0.25) is 4.79 Å². The smallest absolute Gasteiger partial charge is 0.338 e. The molecule has 1 aromatic carbocycles. The lowest BCUT2D eigenvalue weighted by Crippen LogP contribution is -2.50. The Morgan fingerprint density at radius 2 is 1.96 bits per heavy atom. The molecule has 7 heteroatoms. The SMILES string of the molecule is Cc1ccnn1-c1ccc(C(=O)OCC(=O)N[C@](C)(C#N)C(C)C)cc1. The summed E-state index contributed by atoms with van der Waals surface area (Å²) in [5, 5.41) is 16.0. The molecular formula is C19H22N4O3. The molecule has 0 bridgehead atoms. The van der Waals surface area contributed by atoms with Crippen LogP contribution in [0, 0.1) is 24.2 Å². The molecule has 136 valence electrons. The van der Waals surface area contributed by atoms with Crippen LogP contribution in [0.25, 0.3) is 5.69 Å². The molecule has 7 nitrogen and oxygen atoms in total. The molecule has 1 N–H and O–H groups in total. The van der Waals surface area contributed by atoms with Gasteiger partial charge >= 0.3 is 5.97 Å². The van der Waals surface area contributed by atoms with Crippen LogP contribution in [-0.2, 0) is 9.53 Å². The number of benzene rings is 1. The van der Waals surface area contributed by atoms with Crippen LogP contribution in [0.3, 0.4) is 0 Å². The number of carbonyl (C=O) groups excluding carboxylic acids is 2. The maximum absolute atomic E-state index is 12.1. The minimum Gasteiger partial charge on any atom is -0.452 e. The van der Waals surface area contributed by atoms with Crippen LogP contribution in [0.1, 0.15) is 36.8 Å². The number of nitrogens with zero attached hydrogens (tertiary/aromatic N) is 3. The van der Waals surface area contributed by atoms with E-state index in [9.17, 15) is 14.9 Å². The fourth-order valence-electron chi connectivity index (χ4n) is 2.22. The van der Waals surface area contributed by atoms with Crippen molar-refractivity contribution >= 4 is 11.9 Å². The van der Waals surface area contributed by atoms with E-state index in [1.165, 1.54) is 0 Å². The van der Waals surface area contributed by atoms with Crippen LogP contribution >= 0.6 is 0 Å². The number of hydrogen-bond donors (Lipinski definition) is 1. The zero-order chi connectivity index (χ0) is 19.3. The summed E-state index contributed by atoms with van der Waals surface area (Å²) in [6, 6.07) is 10.7. The van der Waals surface area contributed by atoms with Gasteiger partial charge in [-0.2, -0.15) is 10.4 Å². The first kappa shape index (κ1) is 19.2. The van der Waals surface area contributed by atoms with E-state index < -0.39 is 24.0 Å². The Kier molecular flexibility index (Phi) is 5.78. The van der Waals surface area contributed by atoms with Crippen LogP contribution in [0.15, 0.2) is 36.5 Å². The average Bonchev–Trinajstić information content (AvgIpc) is 3.05. The van der Waals surface area contributed by atoms with Gasteiger partial charge in [0.05, 0.1) is 17.3 Å². The fourth-order valence-corrected chi connectivity index (χ4v) is 2.22. The molecule has 1 aromatic heterocycles. The Hall–Kier alpha value is -3.14. The van der Waals surface area contributed by atoms with E-state index in [4.69, 9.17) is 4.74 Å². The van der Waals surface area contributed by atoms with E-state index in [0.29, 0.717) is 5.56 Å². The Morgan fingerprint density at radius 1 is 1.31 bits per heavy atom. The van der Waals surface area contributed by atoms with Gasteiger partial charge in [-0.25, -0.2) is 9.48 Å². The minimum atomic E-state index is -1.01. The highest BCUT2D eigenvalue weighted by Crippen LogP contribution is 2.15. The molecule has 0 radical (unpaired) electrons. The third-order valence-corrected chi connectivity index (χ3v) is 4.30. The number of amides is 1. The van der Waals surface area contributed by atoms with Crippen molar-refractivity contribution in [3.63, 3.8) is 0 Å². The van der Waals surface area contributed by atoms with E-state index in [-0.39, 0.29) is 5.92 Å². The summed E-state index contributed by atoms with van der Waals surface area (Å²) < 4.78 is 6.78. The van der Waals surface area contributed by atoms with Crippen molar-refractivity contribution in [2.75, 3.05) is 6.61 Å². The molecule has 1 heterocycles. The van der Waals surface area contributed by atoms with Crippen molar-refractivity contribution in [2.24, 2.45) is 5.92 Å². The lowest BCUT2D eigenvalue weighted by molar-refractivity contribution is -0.125. The number of rotatable bonds is 6. The van der Waals surface area contributed by atoms with Crippen molar-refractivity contribution in [3.05, 3.63) is 47.8 Å². The highest BCUT2D eigenvalue weighted by Gasteiger charge is 2.30. The molecule has 1 amide bonds. The molecule has 1 atom stereocenters. The Balaban J connectivity index is 1.95. The quantitative estimate of drug-likeness (QED) is 0.803. The third-order valence-electron chi connectivity index (χ3n) is 4.30. The maximum Gasteiger partial charge on any atom is 0.338 e. The van der Waals surface area contributed by atoms with Gasteiger partial charge in [0.2, 0.25) is 0 Å². The summed E-state index contributed by atoms with van der Waals surface area (Å²) in [4.78, 5) is 24.0.